The molecule has 142 valence electrons. The molecule has 0 aliphatic carbocycles. The smallest absolute Gasteiger partial charge is 0.408 e. The van der Waals surface area contributed by atoms with Crippen molar-refractivity contribution >= 4 is 22.8 Å². The number of imidazole rings is 1. The summed E-state index contributed by atoms with van der Waals surface area (Å²) in [4.78, 5) is 21.3. The van der Waals surface area contributed by atoms with Gasteiger partial charge in [-0.2, -0.15) is 0 Å². The van der Waals surface area contributed by atoms with Crippen molar-refractivity contribution in [1.29, 1.82) is 0 Å². The Morgan fingerprint density at radius 3 is 2.74 bits per heavy atom. The Kier molecular flexibility index (Phi) is 5.93. The summed E-state index contributed by atoms with van der Waals surface area (Å²) in [6.45, 7) is 8.31. The van der Waals surface area contributed by atoms with E-state index in [1.807, 2.05) is 24.3 Å². The van der Waals surface area contributed by atoms with Crippen LogP contribution in [0.15, 0.2) is 42.5 Å². The van der Waals surface area contributed by atoms with E-state index >= 15 is 0 Å². The first-order valence-electron chi connectivity index (χ1n) is 9.13. The normalized spacial score (nSPS) is 11.1. The summed E-state index contributed by atoms with van der Waals surface area (Å²) in [5.74, 6) is 1.05. The summed E-state index contributed by atoms with van der Waals surface area (Å²) in [6.07, 6.45) is -0.855. The maximum absolute atomic E-state index is 11.1. The minimum Gasteiger partial charge on any atom is -0.408 e. The molecule has 3 rings (SSSR count). The molecule has 7 nitrogen and oxygen atoms in total. The number of nitrogens with two attached hydrogens (primary N) is 1. The zero-order valence-electron chi connectivity index (χ0n) is 15.7. The third-order valence-corrected chi connectivity index (χ3v) is 4.47. The van der Waals surface area contributed by atoms with E-state index in [4.69, 9.17) is 10.5 Å². The van der Waals surface area contributed by atoms with Crippen LogP contribution >= 0.6 is 0 Å². The van der Waals surface area contributed by atoms with Crippen LogP contribution < -0.4 is 15.8 Å². The number of aromatic nitrogens is 2. The van der Waals surface area contributed by atoms with E-state index in [-0.39, 0.29) is 0 Å². The van der Waals surface area contributed by atoms with E-state index in [2.05, 4.69) is 40.1 Å². The number of ether oxygens (including phenoxy) is 1. The number of rotatable bonds is 8. The molecule has 0 saturated carbocycles. The fourth-order valence-corrected chi connectivity index (χ4v) is 3.01. The second-order valence-electron chi connectivity index (χ2n) is 6.19. The molecule has 1 heterocycles. The Hall–Kier alpha value is -3.06. The third kappa shape index (κ3) is 4.57. The number of para-hydroxylation sites is 1. The van der Waals surface area contributed by atoms with Gasteiger partial charge in [-0.1, -0.05) is 32.0 Å². The van der Waals surface area contributed by atoms with Crippen molar-refractivity contribution in [2.75, 3.05) is 31.5 Å². The molecule has 27 heavy (non-hydrogen) atoms. The number of primary amides is 1. The number of aromatic amines is 1. The van der Waals surface area contributed by atoms with Crippen LogP contribution in [0.2, 0.25) is 0 Å². The van der Waals surface area contributed by atoms with E-state index in [1.54, 1.807) is 12.1 Å². The van der Waals surface area contributed by atoms with Crippen molar-refractivity contribution in [3.05, 3.63) is 42.5 Å². The largest absolute Gasteiger partial charge is 0.410 e. The molecule has 0 fully saturated rings. The summed E-state index contributed by atoms with van der Waals surface area (Å²) in [5, 5.41) is 3.46. The van der Waals surface area contributed by atoms with Crippen molar-refractivity contribution < 1.29 is 9.53 Å². The number of hydrogen-bond acceptors (Lipinski definition) is 5. The first-order valence-corrected chi connectivity index (χ1v) is 9.13. The lowest BCUT2D eigenvalue weighted by Crippen LogP contribution is -2.28. The van der Waals surface area contributed by atoms with Gasteiger partial charge in [-0.25, -0.2) is 9.78 Å². The number of benzene rings is 2. The van der Waals surface area contributed by atoms with Crippen molar-refractivity contribution in [2.24, 2.45) is 5.73 Å². The van der Waals surface area contributed by atoms with E-state index in [9.17, 15) is 4.79 Å². The van der Waals surface area contributed by atoms with Crippen molar-refractivity contribution in [3.63, 3.8) is 0 Å². The van der Waals surface area contributed by atoms with Gasteiger partial charge in [0.2, 0.25) is 0 Å². The SMILES string of the molecule is CCN(CC)CCNc1cccc(-c2nc3c(OC(N)=O)cccc3[nH]2)c1. The number of carbonyl (C=O) groups is 1. The van der Waals surface area contributed by atoms with Crippen molar-refractivity contribution in [1.82, 2.24) is 14.9 Å². The average molecular weight is 367 g/mol. The predicted molar refractivity (Wildman–Crippen MR) is 108 cm³/mol. The minimum atomic E-state index is -0.855. The highest BCUT2D eigenvalue weighted by Gasteiger charge is 2.11. The molecule has 0 atom stereocenters. The van der Waals surface area contributed by atoms with E-state index in [0.29, 0.717) is 17.1 Å². The van der Waals surface area contributed by atoms with Gasteiger partial charge in [-0.3, -0.25) is 0 Å². The Morgan fingerprint density at radius 1 is 1.22 bits per heavy atom. The lowest BCUT2D eigenvalue weighted by atomic mass is 10.2. The highest BCUT2D eigenvalue weighted by molar-refractivity contribution is 5.87. The Balaban J connectivity index is 1.79. The predicted octanol–water partition coefficient (Wildman–Crippen LogP) is 3.44. The molecule has 0 spiro atoms. The number of anilines is 1. The van der Waals surface area contributed by atoms with Crippen LogP contribution in [0.4, 0.5) is 10.5 Å². The van der Waals surface area contributed by atoms with Crippen LogP contribution in [0, 0.1) is 0 Å². The van der Waals surface area contributed by atoms with Gasteiger partial charge in [0.1, 0.15) is 11.3 Å². The number of hydrogen-bond donors (Lipinski definition) is 3. The van der Waals surface area contributed by atoms with Gasteiger partial charge in [-0.15, -0.1) is 0 Å². The van der Waals surface area contributed by atoms with Crippen LogP contribution in [-0.2, 0) is 0 Å². The molecule has 0 bridgehead atoms. The number of amides is 1. The quantitative estimate of drug-likeness (QED) is 0.567. The topological polar surface area (TPSA) is 96.3 Å². The molecule has 1 amide bonds. The standard InChI is InChI=1S/C20H25N5O2/c1-3-25(4-2)12-11-22-15-8-5-7-14(13-15)19-23-16-9-6-10-17(18(16)24-19)27-20(21)26/h5-10,13,22H,3-4,11-12H2,1-2H3,(H2,21,26)(H,23,24). The number of carbonyl (C=O) groups excluding carboxylic acids is 1. The fraction of sp³-hybridized carbons (Fsp3) is 0.300. The van der Waals surface area contributed by atoms with Gasteiger partial charge in [0.05, 0.1) is 5.52 Å². The van der Waals surface area contributed by atoms with Crippen molar-refractivity contribution in [3.8, 4) is 17.1 Å². The molecule has 0 saturated heterocycles. The molecule has 3 aromatic rings. The second-order valence-corrected chi connectivity index (χ2v) is 6.19. The molecule has 1 aromatic heterocycles. The molecule has 7 heteroatoms. The number of nitrogens with zero attached hydrogens (tertiary/aromatic N) is 2. The molecular formula is C20H25N5O2. The third-order valence-electron chi connectivity index (χ3n) is 4.47. The number of likely N-dealkylation sites (N-methyl/N-ethyl adjacent to an activating group) is 1. The molecule has 0 radical (unpaired) electrons. The molecule has 0 aliphatic heterocycles. The fourth-order valence-electron chi connectivity index (χ4n) is 3.01. The number of nitrogens with one attached hydrogen (secondary N) is 2. The number of fused-ring (bicyclic) bond motifs is 1. The van der Waals surface area contributed by atoms with Gasteiger partial charge in [-0.05, 0) is 37.4 Å². The first kappa shape index (κ1) is 18.7. The zero-order valence-corrected chi connectivity index (χ0v) is 15.7. The van der Waals surface area contributed by atoms with Gasteiger partial charge in [0, 0.05) is 24.3 Å². The second kappa shape index (κ2) is 8.55. The molecule has 0 aliphatic rings. The minimum absolute atomic E-state index is 0.344. The van der Waals surface area contributed by atoms with Gasteiger partial charge < -0.3 is 25.7 Å². The van der Waals surface area contributed by atoms with Crippen LogP contribution in [0.25, 0.3) is 22.4 Å². The maximum atomic E-state index is 11.1. The Bertz CT molecular complexity index is 918. The summed E-state index contributed by atoms with van der Waals surface area (Å²) in [6, 6.07) is 13.4. The van der Waals surface area contributed by atoms with E-state index < -0.39 is 6.09 Å². The van der Waals surface area contributed by atoms with Crippen LogP contribution in [0.1, 0.15) is 13.8 Å². The van der Waals surface area contributed by atoms with Crippen LogP contribution in [-0.4, -0.2) is 47.1 Å². The highest BCUT2D eigenvalue weighted by atomic mass is 16.5. The summed E-state index contributed by atoms with van der Waals surface area (Å²) < 4.78 is 5.04. The van der Waals surface area contributed by atoms with E-state index in [0.717, 1.165) is 42.9 Å². The molecule has 4 N–H and O–H groups in total. The van der Waals surface area contributed by atoms with Crippen LogP contribution in [0.3, 0.4) is 0 Å². The van der Waals surface area contributed by atoms with Gasteiger partial charge in [0.25, 0.3) is 0 Å². The molecular weight excluding hydrogens is 342 g/mol. The monoisotopic (exact) mass is 367 g/mol. The van der Waals surface area contributed by atoms with Crippen LogP contribution in [0.5, 0.6) is 5.75 Å². The summed E-state index contributed by atoms with van der Waals surface area (Å²) in [5.41, 5.74) is 8.47. The first-order chi connectivity index (χ1) is 13.1. The van der Waals surface area contributed by atoms with Crippen molar-refractivity contribution in [2.45, 2.75) is 13.8 Å². The summed E-state index contributed by atoms with van der Waals surface area (Å²) >= 11 is 0. The maximum Gasteiger partial charge on any atom is 0.410 e. The molecule has 2 aromatic carbocycles. The Labute approximate surface area is 158 Å². The molecule has 0 unspecified atom stereocenters. The van der Waals surface area contributed by atoms with E-state index in [1.165, 1.54) is 0 Å². The van der Waals surface area contributed by atoms with Gasteiger partial charge >= 0.3 is 6.09 Å². The average Bonchev–Trinajstić information content (AvgIpc) is 3.11. The van der Waals surface area contributed by atoms with Gasteiger partial charge in [0.15, 0.2) is 5.75 Å². The number of H-pyrrole nitrogens is 1. The zero-order chi connectivity index (χ0) is 19.2. The summed E-state index contributed by atoms with van der Waals surface area (Å²) in [7, 11) is 0. The Morgan fingerprint density at radius 2 is 2.00 bits per heavy atom. The highest BCUT2D eigenvalue weighted by Crippen LogP contribution is 2.28. The lowest BCUT2D eigenvalue weighted by Gasteiger charge is -2.18. The lowest BCUT2D eigenvalue weighted by molar-refractivity contribution is 0.211.